The van der Waals surface area contributed by atoms with Crippen molar-refractivity contribution < 1.29 is 14.0 Å². The molecule has 1 atom stereocenters. The van der Waals surface area contributed by atoms with Gasteiger partial charge in [-0.3, -0.25) is 14.6 Å². The summed E-state index contributed by atoms with van der Waals surface area (Å²) in [6, 6.07) is 13.8. The molecule has 9 nitrogen and oxygen atoms in total. The number of allylic oxidation sites excluding steroid dienone is 1. The van der Waals surface area contributed by atoms with Crippen molar-refractivity contribution in [3.63, 3.8) is 0 Å². The van der Waals surface area contributed by atoms with Gasteiger partial charge in [-0.15, -0.1) is 5.10 Å². The van der Waals surface area contributed by atoms with Crippen LogP contribution in [0.2, 0.25) is 0 Å². The molecule has 0 fully saturated rings. The summed E-state index contributed by atoms with van der Waals surface area (Å²) in [5.74, 6) is 0.153. The largest absolute Gasteiger partial charge is 0.467 e. The number of hydrogen-bond acceptors (Lipinski definition) is 6. The molecule has 1 aromatic carbocycles. The van der Waals surface area contributed by atoms with Crippen LogP contribution in [0.5, 0.6) is 0 Å². The standard InChI is InChI=1S/C28H30N6O3/c35-26(20-34-25-11-5-4-10-24(25)31-32-34)33(17-14-21-7-2-1-3-8-21)27(22-12-15-29-16-13-22)28(36)30-19-23-9-6-18-37-23/h4-7,9-13,15-16,18,27H,1-3,8,14,17,19-20H2,(H,30,36)/t27-/m0/s1. The van der Waals surface area contributed by atoms with Crippen LogP contribution in [-0.2, 0) is 22.7 Å². The van der Waals surface area contributed by atoms with E-state index in [4.69, 9.17) is 4.42 Å². The molecule has 3 aromatic heterocycles. The lowest BCUT2D eigenvalue weighted by atomic mass is 9.96. The number of aromatic nitrogens is 4. The van der Waals surface area contributed by atoms with Crippen LogP contribution in [-0.4, -0.2) is 43.2 Å². The number of furan rings is 1. The maximum Gasteiger partial charge on any atom is 0.247 e. The molecule has 190 valence electrons. The Morgan fingerprint density at radius 2 is 1.95 bits per heavy atom. The third-order valence-corrected chi connectivity index (χ3v) is 6.68. The lowest BCUT2D eigenvalue weighted by molar-refractivity contribution is -0.141. The zero-order valence-electron chi connectivity index (χ0n) is 20.6. The topological polar surface area (TPSA) is 106 Å². The molecule has 1 aliphatic carbocycles. The molecule has 0 aliphatic heterocycles. The Morgan fingerprint density at radius 3 is 2.73 bits per heavy atom. The van der Waals surface area contributed by atoms with Crippen LogP contribution in [0.4, 0.5) is 0 Å². The van der Waals surface area contributed by atoms with Crippen LogP contribution < -0.4 is 5.32 Å². The fourth-order valence-electron chi connectivity index (χ4n) is 4.75. The molecule has 4 aromatic rings. The molecule has 1 aliphatic rings. The van der Waals surface area contributed by atoms with Gasteiger partial charge in [-0.25, -0.2) is 4.68 Å². The molecule has 0 spiro atoms. The summed E-state index contributed by atoms with van der Waals surface area (Å²) in [5, 5.41) is 11.3. The van der Waals surface area contributed by atoms with Crippen LogP contribution in [0.1, 0.15) is 49.5 Å². The van der Waals surface area contributed by atoms with Gasteiger partial charge in [0.05, 0.1) is 18.3 Å². The highest BCUT2D eigenvalue weighted by Gasteiger charge is 2.32. The van der Waals surface area contributed by atoms with Crippen LogP contribution in [0.3, 0.4) is 0 Å². The van der Waals surface area contributed by atoms with Gasteiger partial charge in [-0.2, -0.15) is 0 Å². The van der Waals surface area contributed by atoms with E-state index in [0.717, 1.165) is 36.7 Å². The fraction of sp³-hybridized carbons (Fsp3) is 0.321. The number of amides is 2. The monoisotopic (exact) mass is 498 g/mol. The first-order chi connectivity index (χ1) is 18.2. The van der Waals surface area contributed by atoms with Crippen LogP contribution in [0, 0.1) is 0 Å². The molecule has 0 radical (unpaired) electrons. The molecule has 37 heavy (non-hydrogen) atoms. The second kappa shape index (κ2) is 11.6. The Morgan fingerprint density at radius 1 is 1.08 bits per heavy atom. The lowest BCUT2D eigenvalue weighted by Gasteiger charge is -2.32. The van der Waals surface area contributed by atoms with Crippen molar-refractivity contribution in [1.82, 2.24) is 30.2 Å². The third-order valence-electron chi connectivity index (χ3n) is 6.68. The number of para-hydroxylation sites is 1. The molecule has 9 heteroatoms. The maximum atomic E-state index is 13.9. The van der Waals surface area contributed by atoms with Gasteiger partial charge in [-0.1, -0.05) is 29.0 Å². The van der Waals surface area contributed by atoms with E-state index in [9.17, 15) is 9.59 Å². The molecular weight excluding hydrogens is 468 g/mol. The van der Waals surface area contributed by atoms with E-state index in [1.807, 2.05) is 24.3 Å². The molecule has 3 heterocycles. The van der Waals surface area contributed by atoms with Crippen molar-refractivity contribution in [2.45, 2.75) is 51.2 Å². The summed E-state index contributed by atoms with van der Waals surface area (Å²) >= 11 is 0. The number of carbonyl (C=O) groups is 2. The summed E-state index contributed by atoms with van der Waals surface area (Å²) in [4.78, 5) is 33.3. The van der Waals surface area contributed by atoms with Gasteiger partial charge in [0, 0.05) is 18.9 Å². The molecule has 0 saturated heterocycles. The van der Waals surface area contributed by atoms with E-state index >= 15 is 0 Å². The van der Waals surface area contributed by atoms with Crippen LogP contribution in [0.15, 0.2) is 83.3 Å². The van der Waals surface area contributed by atoms with E-state index in [2.05, 4.69) is 26.7 Å². The van der Waals surface area contributed by atoms with Gasteiger partial charge in [0.2, 0.25) is 11.8 Å². The predicted molar refractivity (Wildman–Crippen MR) is 138 cm³/mol. The normalized spacial score (nSPS) is 14.2. The van der Waals surface area contributed by atoms with E-state index in [-0.39, 0.29) is 24.9 Å². The van der Waals surface area contributed by atoms with Crippen molar-refractivity contribution >= 4 is 22.8 Å². The summed E-state index contributed by atoms with van der Waals surface area (Å²) in [5.41, 5.74) is 3.52. The first kappa shape index (κ1) is 24.4. The number of hydrogen-bond donors (Lipinski definition) is 1. The summed E-state index contributed by atoms with van der Waals surface area (Å²) in [6.45, 7) is 0.624. The van der Waals surface area contributed by atoms with Crippen molar-refractivity contribution in [3.05, 3.63) is 90.2 Å². The molecule has 0 unspecified atom stereocenters. The average Bonchev–Trinajstić information content (AvgIpc) is 3.61. The minimum absolute atomic E-state index is 0.0212. The van der Waals surface area contributed by atoms with Gasteiger partial charge in [0.25, 0.3) is 0 Å². The Balaban J connectivity index is 1.44. The number of fused-ring (bicyclic) bond motifs is 1. The number of benzene rings is 1. The Kier molecular flexibility index (Phi) is 7.69. The van der Waals surface area contributed by atoms with Crippen molar-refractivity contribution in [2.75, 3.05) is 6.54 Å². The van der Waals surface area contributed by atoms with Gasteiger partial charge >= 0.3 is 0 Å². The third kappa shape index (κ3) is 5.94. The molecule has 1 N–H and O–H groups in total. The average molecular weight is 499 g/mol. The van der Waals surface area contributed by atoms with Gasteiger partial charge in [0.1, 0.15) is 23.9 Å². The first-order valence-corrected chi connectivity index (χ1v) is 12.6. The number of pyridine rings is 1. The Labute approximate surface area is 215 Å². The summed E-state index contributed by atoms with van der Waals surface area (Å²) in [7, 11) is 0. The zero-order valence-corrected chi connectivity index (χ0v) is 20.6. The summed E-state index contributed by atoms with van der Waals surface area (Å²) in [6.07, 6.45) is 12.3. The highest BCUT2D eigenvalue weighted by Crippen LogP contribution is 2.26. The van der Waals surface area contributed by atoms with Crippen molar-refractivity contribution in [1.29, 1.82) is 0 Å². The first-order valence-electron chi connectivity index (χ1n) is 12.6. The van der Waals surface area contributed by atoms with Gasteiger partial charge in [0.15, 0.2) is 0 Å². The molecule has 2 amide bonds. The fourth-order valence-corrected chi connectivity index (χ4v) is 4.75. The molecule has 5 rings (SSSR count). The minimum atomic E-state index is -0.829. The number of rotatable bonds is 10. The highest BCUT2D eigenvalue weighted by atomic mass is 16.3. The highest BCUT2D eigenvalue weighted by molar-refractivity contribution is 5.89. The minimum Gasteiger partial charge on any atom is -0.467 e. The lowest BCUT2D eigenvalue weighted by Crippen LogP contribution is -2.45. The second-order valence-corrected chi connectivity index (χ2v) is 9.16. The Bertz CT molecular complexity index is 1360. The summed E-state index contributed by atoms with van der Waals surface area (Å²) < 4.78 is 6.98. The predicted octanol–water partition coefficient (Wildman–Crippen LogP) is 4.20. The van der Waals surface area contributed by atoms with Crippen LogP contribution >= 0.6 is 0 Å². The second-order valence-electron chi connectivity index (χ2n) is 9.16. The Hall–Kier alpha value is -4.27. The van der Waals surface area contributed by atoms with E-state index in [1.54, 1.807) is 52.5 Å². The van der Waals surface area contributed by atoms with Crippen molar-refractivity contribution in [3.8, 4) is 0 Å². The van der Waals surface area contributed by atoms with Gasteiger partial charge in [-0.05, 0) is 74.1 Å². The quantitative estimate of drug-likeness (QED) is 0.329. The van der Waals surface area contributed by atoms with E-state index < -0.39 is 6.04 Å². The smallest absolute Gasteiger partial charge is 0.247 e. The SMILES string of the molecule is O=C(NCc1ccco1)[C@H](c1ccncc1)N(CCC1=CCCCC1)C(=O)Cn1nnc2ccccc21. The number of nitrogens with zero attached hydrogens (tertiary/aromatic N) is 5. The van der Waals surface area contributed by atoms with E-state index in [1.165, 1.54) is 12.0 Å². The van der Waals surface area contributed by atoms with E-state index in [0.29, 0.717) is 17.9 Å². The van der Waals surface area contributed by atoms with Crippen molar-refractivity contribution in [2.24, 2.45) is 0 Å². The maximum absolute atomic E-state index is 13.9. The number of carbonyl (C=O) groups excluding carboxylic acids is 2. The van der Waals surface area contributed by atoms with Crippen LogP contribution in [0.25, 0.3) is 11.0 Å². The van der Waals surface area contributed by atoms with Gasteiger partial charge < -0.3 is 14.6 Å². The molecule has 0 saturated carbocycles. The number of nitrogens with one attached hydrogen (secondary N) is 1. The molecular formula is C28H30N6O3. The zero-order chi connectivity index (χ0) is 25.5. The molecule has 0 bridgehead atoms.